The lowest BCUT2D eigenvalue weighted by atomic mass is 10.2. The highest BCUT2D eigenvalue weighted by Gasteiger charge is 2.08. The fraction of sp³-hybridized carbons (Fsp3) is 0.750. The smallest absolute Gasteiger partial charge is 0.0596 e. The molecule has 0 spiro atoms. The summed E-state index contributed by atoms with van der Waals surface area (Å²) in [6, 6.07) is 2.62. The van der Waals surface area contributed by atoms with Gasteiger partial charge in [0.2, 0.25) is 0 Å². The van der Waals surface area contributed by atoms with E-state index in [-0.39, 0.29) is 0 Å². The number of hydrogen-bond donors (Lipinski definition) is 1. The third-order valence-corrected chi connectivity index (χ3v) is 2.63. The van der Waals surface area contributed by atoms with E-state index in [4.69, 9.17) is 0 Å². The number of hydrogen-bond acceptors (Lipinski definition) is 2. The summed E-state index contributed by atoms with van der Waals surface area (Å²) < 4.78 is 2.13. The average molecular weight is 209 g/mol. The second-order valence-electron chi connectivity index (χ2n) is 4.26. The van der Waals surface area contributed by atoms with Gasteiger partial charge in [-0.1, -0.05) is 6.92 Å². The van der Waals surface area contributed by atoms with E-state index in [9.17, 15) is 0 Å². The molecule has 0 aliphatic rings. The van der Waals surface area contributed by atoms with E-state index in [0.29, 0.717) is 6.04 Å². The third-order valence-electron chi connectivity index (χ3n) is 2.63. The summed E-state index contributed by atoms with van der Waals surface area (Å²) in [4.78, 5) is 0. The molecule has 0 aromatic carbocycles. The molecule has 86 valence electrons. The fourth-order valence-corrected chi connectivity index (χ4v) is 1.83. The summed E-state index contributed by atoms with van der Waals surface area (Å²) >= 11 is 0. The third kappa shape index (κ3) is 3.67. The number of aryl methyl sites for hydroxylation is 2. The van der Waals surface area contributed by atoms with Gasteiger partial charge in [0, 0.05) is 5.69 Å². The Hall–Kier alpha value is -0.830. The van der Waals surface area contributed by atoms with Crippen molar-refractivity contribution in [3.63, 3.8) is 0 Å². The molecule has 0 amide bonds. The zero-order chi connectivity index (χ0) is 11.3. The van der Waals surface area contributed by atoms with Gasteiger partial charge in [-0.25, -0.2) is 0 Å². The highest BCUT2D eigenvalue weighted by Crippen LogP contribution is 2.13. The molecule has 0 radical (unpaired) electrons. The Morgan fingerprint density at radius 2 is 2.13 bits per heavy atom. The van der Waals surface area contributed by atoms with Gasteiger partial charge in [-0.2, -0.15) is 5.10 Å². The van der Waals surface area contributed by atoms with Gasteiger partial charge in [0.25, 0.3) is 0 Å². The van der Waals surface area contributed by atoms with Crippen LogP contribution in [0.4, 0.5) is 0 Å². The summed E-state index contributed by atoms with van der Waals surface area (Å²) in [7, 11) is 0. The van der Waals surface area contributed by atoms with Gasteiger partial charge in [0.05, 0.1) is 11.7 Å². The number of rotatable bonds is 6. The summed E-state index contributed by atoms with van der Waals surface area (Å²) in [5.74, 6) is 0. The van der Waals surface area contributed by atoms with Gasteiger partial charge >= 0.3 is 0 Å². The number of nitrogens with zero attached hydrogens (tertiary/aromatic N) is 2. The molecule has 1 N–H and O–H groups in total. The maximum Gasteiger partial charge on any atom is 0.0596 e. The quantitative estimate of drug-likeness (QED) is 0.729. The van der Waals surface area contributed by atoms with Crippen molar-refractivity contribution >= 4 is 0 Å². The molecule has 0 saturated carbocycles. The zero-order valence-corrected chi connectivity index (χ0v) is 10.4. The SMILES string of the molecule is CCCNCCC(C)n1nc(C)cc1C. The second-order valence-corrected chi connectivity index (χ2v) is 4.26. The lowest BCUT2D eigenvalue weighted by Gasteiger charge is -2.14. The van der Waals surface area contributed by atoms with Crippen LogP contribution in [0.5, 0.6) is 0 Å². The lowest BCUT2D eigenvalue weighted by Crippen LogP contribution is -2.20. The maximum atomic E-state index is 4.50. The first-order valence-corrected chi connectivity index (χ1v) is 5.88. The van der Waals surface area contributed by atoms with Crippen LogP contribution in [0.1, 0.15) is 44.1 Å². The van der Waals surface area contributed by atoms with Crippen LogP contribution in [-0.4, -0.2) is 22.9 Å². The fourth-order valence-electron chi connectivity index (χ4n) is 1.83. The Labute approximate surface area is 92.9 Å². The first-order chi connectivity index (χ1) is 7.15. The molecule has 15 heavy (non-hydrogen) atoms. The first kappa shape index (κ1) is 12.2. The largest absolute Gasteiger partial charge is 0.317 e. The van der Waals surface area contributed by atoms with Gasteiger partial charge in [-0.15, -0.1) is 0 Å². The molecule has 0 saturated heterocycles. The Kier molecular flexibility index (Phi) is 4.82. The molecule has 1 heterocycles. The molecule has 3 nitrogen and oxygen atoms in total. The molecule has 1 unspecified atom stereocenters. The molecule has 3 heteroatoms. The number of aromatic nitrogens is 2. The molecule has 0 fully saturated rings. The molecular weight excluding hydrogens is 186 g/mol. The van der Waals surface area contributed by atoms with Crippen LogP contribution in [0.25, 0.3) is 0 Å². The standard InChI is InChI=1S/C12H23N3/c1-5-7-13-8-6-11(3)15-12(4)9-10(2)14-15/h9,11,13H,5-8H2,1-4H3. The summed E-state index contributed by atoms with van der Waals surface area (Å²) in [6.07, 6.45) is 2.34. The van der Waals surface area contributed by atoms with Crippen molar-refractivity contribution < 1.29 is 0 Å². The van der Waals surface area contributed by atoms with Crippen molar-refractivity contribution in [3.05, 3.63) is 17.5 Å². The Morgan fingerprint density at radius 3 is 2.67 bits per heavy atom. The molecular formula is C12H23N3. The van der Waals surface area contributed by atoms with Crippen molar-refractivity contribution in [2.24, 2.45) is 0 Å². The Bertz CT molecular complexity index is 291. The second kappa shape index (κ2) is 5.91. The Morgan fingerprint density at radius 1 is 1.40 bits per heavy atom. The van der Waals surface area contributed by atoms with Gasteiger partial charge < -0.3 is 5.32 Å². The van der Waals surface area contributed by atoms with Crippen molar-refractivity contribution in [2.45, 2.75) is 46.6 Å². The minimum Gasteiger partial charge on any atom is -0.317 e. The molecule has 0 aliphatic carbocycles. The minimum atomic E-state index is 0.489. The van der Waals surface area contributed by atoms with E-state index in [1.54, 1.807) is 0 Å². The molecule has 0 aliphatic heterocycles. The number of nitrogens with one attached hydrogen (secondary N) is 1. The van der Waals surface area contributed by atoms with Crippen LogP contribution in [0, 0.1) is 13.8 Å². The van der Waals surface area contributed by atoms with Gasteiger partial charge in [-0.3, -0.25) is 4.68 Å². The van der Waals surface area contributed by atoms with E-state index in [2.05, 4.69) is 41.9 Å². The van der Waals surface area contributed by atoms with Crippen LogP contribution in [0.15, 0.2) is 6.07 Å². The monoisotopic (exact) mass is 209 g/mol. The van der Waals surface area contributed by atoms with Crippen molar-refractivity contribution in [1.82, 2.24) is 15.1 Å². The van der Waals surface area contributed by atoms with E-state index < -0.39 is 0 Å². The summed E-state index contributed by atoms with van der Waals surface area (Å²) in [5.41, 5.74) is 2.37. The summed E-state index contributed by atoms with van der Waals surface area (Å²) in [5, 5.41) is 7.92. The predicted molar refractivity (Wildman–Crippen MR) is 64.2 cm³/mol. The van der Waals surface area contributed by atoms with Crippen LogP contribution in [0.3, 0.4) is 0 Å². The average Bonchev–Trinajstić information content (AvgIpc) is 2.52. The van der Waals surface area contributed by atoms with Gasteiger partial charge in [-0.05, 0) is 52.8 Å². The normalized spacial score (nSPS) is 13.1. The maximum absolute atomic E-state index is 4.50. The van der Waals surface area contributed by atoms with Gasteiger partial charge in [0.1, 0.15) is 0 Å². The highest BCUT2D eigenvalue weighted by atomic mass is 15.3. The van der Waals surface area contributed by atoms with Crippen molar-refractivity contribution in [2.75, 3.05) is 13.1 Å². The molecule has 1 aromatic heterocycles. The molecule has 1 atom stereocenters. The Balaban J connectivity index is 2.39. The molecule has 1 aromatic rings. The molecule has 0 bridgehead atoms. The minimum absolute atomic E-state index is 0.489. The van der Waals surface area contributed by atoms with Gasteiger partial charge in [0.15, 0.2) is 0 Å². The topological polar surface area (TPSA) is 29.9 Å². The van der Waals surface area contributed by atoms with E-state index in [0.717, 1.165) is 25.2 Å². The van der Waals surface area contributed by atoms with Crippen molar-refractivity contribution in [3.8, 4) is 0 Å². The predicted octanol–water partition coefficient (Wildman–Crippen LogP) is 2.45. The highest BCUT2D eigenvalue weighted by molar-refractivity contribution is 5.07. The van der Waals surface area contributed by atoms with Crippen LogP contribution < -0.4 is 5.32 Å². The van der Waals surface area contributed by atoms with Crippen LogP contribution in [0.2, 0.25) is 0 Å². The van der Waals surface area contributed by atoms with E-state index >= 15 is 0 Å². The van der Waals surface area contributed by atoms with Crippen LogP contribution in [-0.2, 0) is 0 Å². The van der Waals surface area contributed by atoms with Crippen LogP contribution >= 0.6 is 0 Å². The molecule has 1 rings (SSSR count). The van der Waals surface area contributed by atoms with E-state index in [1.807, 2.05) is 6.92 Å². The first-order valence-electron chi connectivity index (χ1n) is 5.88. The zero-order valence-electron chi connectivity index (χ0n) is 10.4. The van der Waals surface area contributed by atoms with E-state index in [1.165, 1.54) is 12.1 Å². The van der Waals surface area contributed by atoms with Crippen molar-refractivity contribution in [1.29, 1.82) is 0 Å². The lowest BCUT2D eigenvalue weighted by molar-refractivity contribution is 0.434. The summed E-state index contributed by atoms with van der Waals surface area (Å²) in [6.45, 7) is 10.8.